The molecule has 6 heteroatoms. The Kier molecular flexibility index (Phi) is 3.55. The summed E-state index contributed by atoms with van der Waals surface area (Å²) in [4.78, 5) is 7.19. The van der Waals surface area contributed by atoms with Crippen LogP contribution in [0.4, 0.5) is 4.39 Å². The van der Waals surface area contributed by atoms with Crippen molar-refractivity contribution in [2.45, 2.75) is 19.6 Å². The number of H-pyrrole nitrogens is 1. The minimum Gasteiger partial charge on any atom is -0.479 e. The fourth-order valence-corrected chi connectivity index (χ4v) is 2.11. The van der Waals surface area contributed by atoms with Crippen LogP contribution in [0, 0.1) is 11.7 Å². The van der Waals surface area contributed by atoms with Crippen molar-refractivity contribution in [1.82, 2.24) is 9.97 Å². The lowest BCUT2D eigenvalue weighted by molar-refractivity contribution is -0.231. The lowest BCUT2D eigenvalue weighted by Gasteiger charge is -2.36. The minimum absolute atomic E-state index is 0.0289. The Hall–Kier alpha value is -2.08. The van der Waals surface area contributed by atoms with Gasteiger partial charge in [0, 0.05) is 12.4 Å². The van der Waals surface area contributed by atoms with E-state index in [2.05, 4.69) is 9.97 Å². The van der Waals surface area contributed by atoms with Crippen molar-refractivity contribution in [2.75, 3.05) is 13.2 Å². The number of hydrogen-bond acceptors (Lipinski definition) is 4. The number of aromatic amines is 1. The molecule has 0 saturated heterocycles. The number of aromatic nitrogens is 2. The monoisotopic (exact) mass is 292 g/mol. The zero-order chi connectivity index (χ0) is 14.9. The average Bonchev–Trinajstić information content (AvgIpc) is 3.00. The molecule has 0 amide bonds. The molecule has 1 aliphatic heterocycles. The molecule has 112 valence electrons. The number of halogens is 1. The van der Waals surface area contributed by atoms with Crippen LogP contribution in [0.3, 0.4) is 0 Å². The molecule has 0 spiro atoms. The molecular weight excluding hydrogens is 275 g/mol. The molecule has 21 heavy (non-hydrogen) atoms. The third-order valence-corrected chi connectivity index (χ3v) is 3.12. The van der Waals surface area contributed by atoms with Crippen LogP contribution in [0.2, 0.25) is 0 Å². The first-order valence-corrected chi connectivity index (χ1v) is 6.85. The van der Waals surface area contributed by atoms with E-state index < -0.39 is 11.6 Å². The van der Waals surface area contributed by atoms with Gasteiger partial charge in [0.1, 0.15) is 0 Å². The number of imidazole rings is 1. The first kappa shape index (κ1) is 13.9. The van der Waals surface area contributed by atoms with E-state index in [-0.39, 0.29) is 12.4 Å². The molecule has 1 aromatic carbocycles. The zero-order valence-corrected chi connectivity index (χ0v) is 11.9. The van der Waals surface area contributed by atoms with Crippen LogP contribution in [-0.2, 0) is 10.5 Å². The molecule has 0 radical (unpaired) electrons. The molecule has 1 unspecified atom stereocenters. The average molecular weight is 292 g/mol. The Morgan fingerprint density at radius 1 is 1.48 bits per heavy atom. The van der Waals surface area contributed by atoms with Gasteiger partial charge < -0.3 is 19.2 Å². The highest BCUT2D eigenvalue weighted by molar-refractivity contribution is 5.42. The van der Waals surface area contributed by atoms with Gasteiger partial charge in [0.2, 0.25) is 0 Å². The quantitative estimate of drug-likeness (QED) is 0.941. The fourth-order valence-electron chi connectivity index (χ4n) is 2.11. The van der Waals surface area contributed by atoms with Gasteiger partial charge in [-0.2, -0.15) is 0 Å². The number of hydrogen-bond donors (Lipinski definition) is 1. The molecular formula is C15H17FN2O3. The third-order valence-electron chi connectivity index (χ3n) is 3.12. The van der Waals surface area contributed by atoms with E-state index in [1.165, 1.54) is 6.07 Å². The summed E-state index contributed by atoms with van der Waals surface area (Å²) < 4.78 is 31.1. The van der Waals surface area contributed by atoms with Crippen LogP contribution < -0.4 is 9.47 Å². The highest BCUT2D eigenvalue weighted by Gasteiger charge is 2.44. The third kappa shape index (κ3) is 2.58. The standard InChI is InChI=1S/C15H17FN2O3/c1-10(2)8-20-15(14-17-6-7-18-14)9-19-13-11(16)4-3-5-12(13)21-15/h3-7,10H,8-9H2,1-2H3,(H,17,18). The van der Waals surface area contributed by atoms with Gasteiger partial charge in [0.15, 0.2) is 29.7 Å². The Labute approximate surface area is 122 Å². The molecule has 2 aromatic rings. The summed E-state index contributed by atoms with van der Waals surface area (Å²) in [7, 11) is 0. The lowest BCUT2D eigenvalue weighted by atomic mass is 10.2. The SMILES string of the molecule is CC(C)COC1(c2ncc[nH]2)COc2c(F)cccc2O1. The van der Waals surface area contributed by atoms with Crippen molar-refractivity contribution in [3.05, 3.63) is 42.2 Å². The van der Waals surface area contributed by atoms with Gasteiger partial charge in [0.25, 0.3) is 0 Å². The molecule has 0 saturated carbocycles. The Morgan fingerprint density at radius 3 is 3.05 bits per heavy atom. The number of fused-ring (bicyclic) bond motifs is 1. The maximum atomic E-state index is 13.7. The molecule has 1 atom stereocenters. The summed E-state index contributed by atoms with van der Waals surface area (Å²) in [5.74, 6) is -0.416. The van der Waals surface area contributed by atoms with Crippen LogP contribution in [-0.4, -0.2) is 23.2 Å². The van der Waals surface area contributed by atoms with Crippen LogP contribution in [0.25, 0.3) is 0 Å². The van der Waals surface area contributed by atoms with Crippen LogP contribution in [0.1, 0.15) is 19.7 Å². The van der Waals surface area contributed by atoms with Crippen LogP contribution in [0.15, 0.2) is 30.6 Å². The van der Waals surface area contributed by atoms with E-state index in [9.17, 15) is 4.39 Å². The molecule has 0 bridgehead atoms. The normalized spacial score (nSPS) is 20.8. The van der Waals surface area contributed by atoms with Gasteiger partial charge in [-0.3, -0.25) is 0 Å². The summed E-state index contributed by atoms with van der Waals surface area (Å²) in [5.41, 5.74) is 0. The number of para-hydroxylation sites is 1. The van der Waals surface area contributed by atoms with Crippen molar-refractivity contribution in [1.29, 1.82) is 0 Å². The first-order valence-electron chi connectivity index (χ1n) is 6.85. The topological polar surface area (TPSA) is 56.4 Å². The lowest BCUT2D eigenvalue weighted by Crippen LogP contribution is -2.46. The van der Waals surface area contributed by atoms with Gasteiger partial charge in [-0.25, -0.2) is 9.37 Å². The number of nitrogens with zero attached hydrogens (tertiary/aromatic N) is 1. The van der Waals surface area contributed by atoms with E-state index >= 15 is 0 Å². The Balaban J connectivity index is 1.95. The molecule has 1 aliphatic rings. The van der Waals surface area contributed by atoms with E-state index in [0.29, 0.717) is 24.1 Å². The van der Waals surface area contributed by atoms with Crippen molar-refractivity contribution in [3.8, 4) is 11.5 Å². The van der Waals surface area contributed by atoms with Crippen molar-refractivity contribution >= 4 is 0 Å². The number of nitrogens with one attached hydrogen (secondary N) is 1. The Morgan fingerprint density at radius 2 is 2.33 bits per heavy atom. The summed E-state index contributed by atoms with van der Waals surface area (Å²) in [6.45, 7) is 4.57. The predicted molar refractivity (Wildman–Crippen MR) is 73.6 cm³/mol. The molecule has 0 fully saturated rings. The molecule has 5 nitrogen and oxygen atoms in total. The summed E-state index contributed by atoms with van der Waals surface area (Å²) in [5, 5.41) is 0. The van der Waals surface area contributed by atoms with Gasteiger partial charge in [-0.05, 0) is 18.1 Å². The molecule has 1 aromatic heterocycles. The maximum absolute atomic E-state index is 13.7. The second kappa shape index (κ2) is 5.37. The van der Waals surface area contributed by atoms with Crippen LogP contribution in [0.5, 0.6) is 11.5 Å². The van der Waals surface area contributed by atoms with Crippen LogP contribution >= 0.6 is 0 Å². The predicted octanol–water partition coefficient (Wildman–Crippen LogP) is 2.85. The smallest absolute Gasteiger partial charge is 0.304 e. The molecule has 3 rings (SSSR count). The van der Waals surface area contributed by atoms with Crippen molar-refractivity contribution in [3.63, 3.8) is 0 Å². The zero-order valence-electron chi connectivity index (χ0n) is 11.9. The fraction of sp³-hybridized carbons (Fsp3) is 0.400. The van der Waals surface area contributed by atoms with Crippen molar-refractivity contribution in [2.24, 2.45) is 5.92 Å². The number of rotatable bonds is 4. The summed E-state index contributed by atoms with van der Waals surface area (Å²) >= 11 is 0. The number of ether oxygens (including phenoxy) is 3. The highest BCUT2D eigenvalue weighted by atomic mass is 19.1. The number of benzene rings is 1. The molecule has 2 heterocycles. The van der Waals surface area contributed by atoms with E-state index in [4.69, 9.17) is 14.2 Å². The summed E-state index contributed by atoms with van der Waals surface area (Å²) in [6.07, 6.45) is 3.29. The van der Waals surface area contributed by atoms with E-state index in [0.717, 1.165) is 0 Å². The Bertz CT molecular complexity index is 615. The van der Waals surface area contributed by atoms with E-state index in [1.54, 1.807) is 24.5 Å². The molecule has 1 N–H and O–H groups in total. The molecule has 0 aliphatic carbocycles. The second-order valence-corrected chi connectivity index (χ2v) is 5.35. The second-order valence-electron chi connectivity index (χ2n) is 5.35. The van der Waals surface area contributed by atoms with E-state index in [1.807, 2.05) is 13.8 Å². The summed E-state index contributed by atoms with van der Waals surface area (Å²) in [6, 6.07) is 4.54. The largest absolute Gasteiger partial charge is 0.479 e. The van der Waals surface area contributed by atoms with Gasteiger partial charge in [0.05, 0.1) is 6.61 Å². The van der Waals surface area contributed by atoms with Crippen molar-refractivity contribution < 1.29 is 18.6 Å². The van der Waals surface area contributed by atoms with Gasteiger partial charge in [-0.1, -0.05) is 19.9 Å². The highest BCUT2D eigenvalue weighted by Crippen LogP contribution is 2.41. The maximum Gasteiger partial charge on any atom is 0.304 e. The first-order chi connectivity index (χ1) is 10.1. The van der Waals surface area contributed by atoms with Gasteiger partial charge >= 0.3 is 5.79 Å². The van der Waals surface area contributed by atoms with Gasteiger partial charge in [-0.15, -0.1) is 0 Å². The minimum atomic E-state index is -1.19.